The van der Waals surface area contributed by atoms with Crippen LogP contribution in [0.2, 0.25) is 0 Å². The first kappa shape index (κ1) is 20.3. The average molecular weight is 399 g/mol. The predicted molar refractivity (Wildman–Crippen MR) is 114 cm³/mol. The topological polar surface area (TPSA) is 67.4 Å². The van der Waals surface area contributed by atoms with Gasteiger partial charge in [-0.1, -0.05) is 30.3 Å². The number of rotatable bonds is 8. The number of aryl methyl sites for hydroxylation is 1. The Bertz CT molecular complexity index is 843. The summed E-state index contributed by atoms with van der Waals surface area (Å²) in [4.78, 5) is 26.5. The second-order valence-electron chi connectivity index (χ2n) is 6.75. The van der Waals surface area contributed by atoms with Crippen molar-refractivity contribution in [3.63, 3.8) is 0 Å². The number of fused-ring (bicyclic) bond motifs is 1. The Kier molecular flexibility index (Phi) is 7.39. The third-order valence-electron chi connectivity index (χ3n) is 4.67. The summed E-state index contributed by atoms with van der Waals surface area (Å²) in [7, 11) is 1.65. The molecule has 5 nitrogen and oxygen atoms in total. The molecule has 148 valence electrons. The Morgan fingerprint density at radius 2 is 1.96 bits per heavy atom. The van der Waals surface area contributed by atoms with E-state index in [1.165, 1.54) is 22.3 Å². The van der Waals surface area contributed by atoms with E-state index in [9.17, 15) is 9.59 Å². The van der Waals surface area contributed by atoms with E-state index >= 15 is 0 Å². The summed E-state index contributed by atoms with van der Waals surface area (Å²) in [6, 6.07) is 9.66. The summed E-state index contributed by atoms with van der Waals surface area (Å²) in [5.74, 6) is -0.339. The molecule has 0 aliphatic heterocycles. The van der Waals surface area contributed by atoms with Crippen LogP contribution in [0.4, 0.5) is 5.00 Å². The Balaban J connectivity index is 1.74. The van der Waals surface area contributed by atoms with Crippen LogP contribution in [0, 0.1) is 0 Å². The minimum atomic E-state index is -0.226. The van der Waals surface area contributed by atoms with Crippen molar-refractivity contribution in [2.45, 2.75) is 32.1 Å². The van der Waals surface area contributed by atoms with E-state index in [1.54, 1.807) is 13.2 Å². The molecule has 2 amide bonds. The van der Waals surface area contributed by atoms with Crippen molar-refractivity contribution >= 4 is 34.2 Å². The fraction of sp³-hybridized carbons (Fsp3) is 0.364. The molecule has 0 atom stereocenters. The van der Waals surface area contributed by atoms with Crippen LogP contribution in [-0.2, 0) is 22.4 Å². The van der Waals surface area contributed by atoms with E-state index in [4.69, 9.17) is 4.74 Å². The summed E-state index contributed by atoms with van der Waals surface area (Å²) < 4.78 is 5.03. The molecule has 0 unspecified atom stereocenters. The number of carbonyl (C=O) groups excluding carboxylic acids is 2. The van der Waals surface area contributed by atoms with E-state index in [2.05, 4.69) is 10.6 Å². The maximum Gasteiger partial charge on any atom is 0.254 e. The number of benzene rings is 1. The number of anilines is 1. The van der Waals surface area contributed by atoms with E-state index in [1.807, 2.05) is 30.3 Å². The second kappa shape index (κ2) is 10.2. The van der Waals surface area contributed by atoms with Crippen molar-refractivity contribution in [2.24, 2.45) is 0 Å². The first-order valence-corrected chi connectivity index (χ1v) is 10.5. The Morgan fingerprint density at radius 1 is 1.18 bits per heavy atom. The van der Waals surface area contributed by atoms with E-state index in [-0.39, 0.29) is 11.8 Å². The maximum atomic E-state index is 12.8. The lowest BCUT2D eigenvalue weighted by Gasteiger charge is -2.13. The molecular formula is C22H26N2O3S. The number of methoxy groups -OCH3 is 1. The predicted octanol–water partition coefficient (Wildman–Crippen LogP) is 4.05. The van der Waals surface area contributed by atoms with Crippen molar-refractivity contribution in [1.82, 2.24) is 5.32 Å². The normalized spacial score (nSPS) is 13.3. The number of hydrogen-bond acceptors (Lipinski definition) is 4. The molecule has 1 aromatic heterocycles. The van der Waals surface area contributed by atoms with Gasteiger partial charge in [0.2, 0.25) is 5.91 Å². The van der Waals surface area contributed by atoms with Gasteiger partial charge in [-0.2, -0.15) is 0 Å². The van der Waals surface area contributed by atoms with Crippen molar-refractivity contribution in [3.8, 4) is 0 Å². The molecule has 1 aliphatic rings. The molecule has 1 heterocycles. The molecule has 0 spiro atoms. The van der Waals surface area contributed by atoms with Gasteiger partial charge in [-0.3, -0.25) is 9.59 Å². The molecule has 1 aliphatic carbocycles. The molecule has 6 heteroatoms. The summed E-state index contributed by atoms with van der Waals surface area (Å²) in [5, 5.41) is 6.54. The van der Waals surface area contributed by atoms with E-state index < -0.39 is 0 Å². The fourth-order valence-electron chi connectivity index (χ4n) is 3.29. The monoisotopic (exact) mass is 398 g/mol. The van der Waals surface area contributed by atoms with Crippen molar-refractivity contribution in [1.29, 1.82) is 0 Å². The number of ether oxygens (including phenoxy) is 1. The minimum absolute atomic E-state index is 0.113. The number of hydrogen-bond donors (Lipinski definition) is 2. The lowest BCUT2D eigenvalue weighted by molar-refractivity contribution is -0.111. The van der Waals surface area contributed by atoms with Gasteiger partial charge >= 0.3 is 0 Å². The van der Waals surface area contributed by atoms with Crippen LogP contribution in [0.25, 0.3) is 6.08 Å². The Morgan fingerprint density at radius 3 is 2.75 bits per heavy atom. The third-order valence-corrected chi connectivity index (χ3v) is 5.88. The highest BCUT2D eigenvalue weighted by Gasteiger charge is 2.25. The zero-order valence-corrected chi connectivity index (χ0v) is 16.9. The zero-order valence-electron chi connectivity index (χ0n) is 16.1. The molecule has 2 N–H and O–H groups in total. The van der Waals surface area contributed by atoms with Gasteiger partial charge in [0.05, 0.1) is 5.56 Å². The smallest absolute Gasteiger partial charge is 0.254 e. The Hall–Kier alpha value is -2.44. The van der Waals surface area contributed by atoms with Crippen molar-refractivity contribution < 1.29 is 14.3 Å². The quantitative estimate of drug-likeness (QED) is 0.521. The van der Waals surface area contributed by atoms with Gasteiger partial charge in [0, 0.05) is 31.2 Å². The highest BCUT2D eigenvalue weighted by molar-refractivity contribution is 7.17. The molecule has 3 rings (SSSR count). The third kappa shape index (κ3) is 5.30. The number of thiophene rings is 1. The zero-order chi connectivity index (χ0) is 19.8. The van der Waals surface area contributed by atoms with Gasteiger partial charge in [-0.15, -0.1) is 11.3 Å². The summed E-state index contributed by atoms with van der Waals surface area (Å²) in [6.45, 7) is 1.16. The van der Waals surface area contributed by atoms with Crippen molar-refractivity contribution in [3.05, 3.63) is 58.0 Å². The molecule has 28 heavy (non-hydrogen) atoms. The largest absolute Gasteiger partial charge is 0.385 e. The van der Waals surface area contributed by atoms with Gasteiger partial charge in [-0.05, 0) is 49.3 Å². The lowest BCUT2D eigenvalue weighted by Crippen LogP contribution is -2.27. The molecule has 0 bridgehead atoms. The summed E-state index contributed by atoms with van der Waals surface area (Å²) in [6.07, 6.45) is 8.11. The van der Waals surface area contributed by atoms with Gasteiger partial charge in [0.25, 0.3) is 5.91 Å². The maximum absolute atomic E-state index is 12.8. The van der Waals surface area contributed by atoms with Gasteiger partial charge < -0.3 is 15.4 Å². The van der Waals surface area contributed by atoms with Crippen molar-refractivity contribution in [2.75, 3.05) is 25.6 Å². The number of amides is 2. The number of carbonyl (C=O) groups is 2. The molecule has 0 saturated carbocycles. The molecule has 2 aromatic rings. The standard InChI is InChI=1S/C22H26N2O3S/c1-27-15-7-14-23-21(26)20-17-10-5-6-11-18(17)28-22(20)24-19(25)13-12-16-8-3-2-4-9-16/h2-4,8-9,12-13H,5-7,10-11,14-15H2,1H3,(H,23,26)(H,24,25)/b13-12+. The lowest BCUT2D eigenvalue weighted by atomic mass is 9.95. The van der Waals surface area contributed by atoms with Crippen LogP contribution in [-0.4, -0.2) is 32.1 Å². The molecule has 0 saturated heterocycles. The van der Waals surface area contributed by atoms with Crippen LogP contribution in [0.15, 0.2) is 36.4 Å². The fourth-order valence-corrected chi connectivity index (χ4v) is 4.58. The van der Waals surface area contributed by atoms with E-state index in [0.717, 1.165) is 43.2 Å². The van der Waals surface area contributed by atoms with Crippen LogP contribution in [0.1, 0.15) is 45.6 Å². The van der Waals surface area contributed by atoms with E-state index in [0.29, 0.717) is 23.7 Å². The minimum Gasteiger partial charge on any atom is -0.385 e. The second-order valence-corrected chi connectivity index (χ2v) is 7.86. The highest BCUT2D eigenvalue weighted by atomic mass is 32.1. The van der Waals surface area contributed by atoms with Crippen LogP contribution in [0.3, 0.4) is 0 Å². The number of nitrogens with one attached hydrogen (secondary N) is 2. The molecular weight excluding hydrogens is 372 g/mol. The summed E-state index contributed by atoms with van der Waals surface area (Å²) >= 11 is 1.53. The van der Waals surface area contributed by atoms with Gasteiger partial charge in [0.1, 0.15) is 5.00 Å². The summed E-state index contributed by atoms with van der Waals surface area (Å²) in [5.41, 5.74) is 2.70. The van der Waals surface area contributed by atoms with Crippen LogP contribution >= 0.6 is 11.3 Å². The molecule has 0 fully saturated rings. The van der Waals surface area contributed by atoms with Crippen LogP contribution < -0.4 is 10.6 Å². The van der Waals surface area contributed by atoms with Gasteiger partial charge in [-0.25, -0.2) is 0 Å². The first-order valence-electron chi connectivity index (χ1n) is 9.65. The first-order chi connectivity index (χ1) is 13.7. The highest BCUT2D eigenvalue weighted by Crippen LogP contribution is 2.38. The molecule has 1 aromatic carbocycles. The Labute approximate surface area is 169 Å². The average Bonchev–Trinajstić information content (AvgIpc) is 3.08. The molecule has 0 radical (unpaired) electrons. The van der Waals surface area contributed by atoms with Gasteiger partial charge in [0.15, 0.2) is 0 Å². The van der Waals surface area contributed by atoms with Crippen LogP contribution in [0.5, 0.6) is 0 Å². The SMILES string of the molecule is COCCCNC(=O)c1c(NC(=O)/C=C/c2ccccc2)sc2c1CCCC2.